The summed E-state index contributed by atoms with van der Waals surface area (Å²) in [5.41, 5.74) is 2.50. The summed E-state index contributed by atoms with van der Waals surface area (Å²) >= 11 is 3.39. The number of hydrogen-bond donors (Lipinski definition) is 4. The van der Waals surface area contributed by atoms with Gasteiger partial charge in [0.2, 0.25) is 0 Å². The number of aliphatic hydroxyl groups is 1. The van der Waals surface area contributed by atoms with E-state index in [1.165, 1.54) is 6.33 Å². The molecule has 18 heavy (non-hydrogen) atoms. The number of nitrogen functional groups attached to an aromatic ring is 1. The van der Waals surface area contributed by atoms with Crippen LogP contribution in [0.4, 0.5) is 11.6 Å². The van der Waals surface area contributed by atoms with Crippen LogP contribution in [-0.4, -0.2) is 28.2 Å². The first-order chi connectivity index (χ1) is 8.72. The molecule has 1 rings (SSSR count). The van der Waals surface area contributed by atoms with Crippen molar-refractivity contribution in [3.05, 3.63) is 10.8 Å². The maximum absolute atomic E-state index is 9.01. The molecule has 0 bridgehead atoms. The Morgan fingerprint density at radius 2 is 2.11 bits per heavy atom. The third-order valence-corrected chi connectivity index (χ3v) is 3.47. The Morgan fingerprint density at radius 3 is 2.72 bits per heavy atom. The number of hydrazine groups is 1. The number of nitrogens with one attached hydrogen (secondary N) is 2. The molecule has 1 atom stereocenters. The summed E-state index contributed by atoms with van der Waals surface area (Å²) in [4.78, 5) is 8.14. The molecule has 0 saturated heterocycles. The highest BCUT2D eigenvalue weighted by Gasteiger charge is 2.11. The molecule has 0 aliphatic rings. The van der Waals surface area contributed by atoms with Crippen LogP contribution >= 0.6 is 15.9 Å². The van der Waals surface area contributed by atoms with Crippen molar-refractivity contribution in [2.45, 2.75) is 26.2 Å². The van der Waals surface area contributed by atoms with Crippen LogP contribution in [-0.2, 0) is 0 Å². The molecule has 0 fully saturated rings. The highest BCUT2D eigenvalue weighted by Crippen LogP contribution is 2.26. The van der Waals surface area contributed by atoms with Crippen LogP contribution in [0.25, 0.3) is 0 Å². The van der Waals surface area contributed by atoms with E-state index in [1.54, 1.807) is 0 Å². The monoisotopic (exact) mass is 317 g/mol. The maximum Gasteiger partial charge on any atom is 0.159 e. The lowest BCUT2D eigenvalue weighted by atomic mass is 10.0. The van der Waals surface area contributed by atoms with Crippen LogP contribution in [0.15, 0.2) is 10.8 Å². The van der Waals surface area contributed by atoms with Crippen molar-refractivity contribution in [1.29, 1.82) is 0 Å². The summed E-state index contributed by atoms with van der Waals surface area (Å²) in [6.45, 7) is 3.13. The molecule has 0 aliphatic carbocycles. The predicted octanol–water partition coefficient (Wildman–Crippen LogP) is 1.74. The largest absolute Gasteiger partial charge is 0.396 e. The molecule has 102 valence electrons. The molecular formula is C11H20BrN5O. The van der Waals surface area contributed by atoms with E-state index in [4.69, 9.17) is 10.9 Å². The highest BCUT2D eigenvalue weighted by molar-refractivity contribution is 9.10. The second-order valence-corrected chi connectivity index (χ2v) is 4.87. The van der Waals surface area contributed by atoms with Gasteiger partial charge >= 0.3 is 0 Å². The standard InChI is InChI=1S/C11H20BrN5O/c1-2-3-8(4-5-18)6-14-10-9(12)11(17-13)16-7-15-10/h7-8,18H,2-6,13H2,1H3,(H2,14,15,16,17). The average Bonchev–Trinajstić information content (AvgIpc) is 2.38. The molecule has 0 saturated carbocycles. The minimum Gasteiger partial charge on any atom is -0.396 e. The van der Waals surface area contributed by atoms with E-state index in [0.29, 0.717) is 22.0 Å². The van der Waals surface area contributed by atoms with Crippen molar-refractivity contribution in [3.8, 4) is 0 Å². The van der Waals surface area contributed by atoms with Gasteiger partial charge in [-0.15, -0.1) is 0 Å². The molecule has 1 unspecified atom stereocenters. The molecule has 5 N–H and O–H groups in total. The van der Waals surface area contributed by atoms with Crippen molar-refractivity contribution < 1.29 is 5.11 Å². The minimum atomic E-state index is 0.215. The molecule has 1 aromatic rings. The van der Waals surface area contributed by atoms with E-state index < -0.39 is 0 Å². The zero-order valence-electron chi connectivity index (χ0n) is 10.5. The smallest absolute Gasteiger partial charge is 0.159 e. The average molecular weight is 318 g/mol. The lowest BCUT2D eigenvalue weighted by molar-refractivity contribution is 0.255. The molecule has 0 aromatic carbocycles. The fourth-order valence-corrected chi connectivity index (χ4v) is 2.23. The van der Waals surface area contributed by atoms with E-state index >= 15 is 0 Å². The fourth-order valence-electron chi connectivity index (χ4n) is 1.77. The van der Waals surface area contributed by atoms with Crippen LogP contribution in [0.3, 0.4) is 0 Å². The van der Waals surface area contributed by atoms with Crippen molar-refractivity contribution in [3.63, 3.8) is 0 Å². The number of anilines is 2. The zero-order valence-corrected chi connectivity index (χ0v) is 12.1. The number of hydrogen-bond acceptors (Lipinski definition) is 6. The fraction of sp³-hybridized carbons (Fsp3) is 0.636. The summed E-state index contributed by atoms with van der Waals surface area (Å²) < 4.78 is 0.715. The number of rotatable bonds is 8. The Morgan fingerprint density at radius 1 is 1.39 bits per heavy atom. The number of halogens is 1. The third kappa shape index (κ3) is 4.40. The molecule has 7 heteroatoms. The molecule has 6 nitrogen and oxygen atoms in total. The predicted molar refractivity (Wildman–Crippen MR) is 76.1 cm³/mol. The Labute approximate surface area is 115 Å². The summed E-state index contributed by atoms with van der Waals surface area (Å²) in [7, 11) is 0. The lowest BCUT2D eigenvalue weighted by Gasteiger charge is -2.17. The maximum atomic E-state index is 9.01. The summed E-state index contributed by atoms with van der Waals surface area (Å²) in [6.07, 6.45) is 4.43. The molecule has 1 aromatic heterocycles. The normalized spacial score (nSPS) is 12.2. The number of nitrogens with zero attached hydrogens (tertiary/aromatic N) is 2. The second kappa shape index (κ2) is 8.23. The van der Waals surface area contributed by atoms with E-state index in [9.17, 15) is 0 Å². The van der Waals surface area contributed by atoms with E-state index in [1.807, 2.05) is 0 Å². The minimum absolute atomic E-state index is 0.215. The molecule has 0 aliphatic heterocycles. The van der Waals surface area contributed by atoms with Crippen molar-refractivity contribution >= 4 is 27.6 Å². The van der Waals surface area contributed by atoms with Crippen LogP contribution in [0.5, 0.6) is 0 Å². The van der Waals surface area contributed by atoms with Crippen LogP contribution < -0.4 is 16.6 Å². The number of aliphatic hydroxyl groups excluding tert-OH is 1. The van der Waals surface area contributed by atoms with Gasteiger partial charge in [0.1, 0.15) is 16.6 Å². The van der Waals surface area contributed by atoms with Gasteiger partial charge in [0.25, 0.3) is 0 Å². The molecular weight excluding hydrogens is 298 g/mol. The molecule has 0 radical (unpaired) electrons. The third-order valence-electron chi connectivity index (χ3n) is 2.72. The van der Waals surface area contributed by atoms with Gasteiger partial charge in [-0.2, -0.15) is 0 Å². The molecule has 1 heterocycles. The van der Waals surface area contributed by atoms with Gasteiger partial charge in [-0.1, -0.05) is 13.3 Å². The zero-order chi connectivity index (χ0) is 13.4. The van der Waals surface area contributed by atoms with Gasteiger partial charge in [-0.05, 0) is 34.7 Å². The first-order valence-corrected chi connectivity index (χ1v) is 6.84. The van der Waals surface area contributed by atoms with Gasteiger partial charge in [0.05, 0.1) is 0 Å². The first-order valence-electron chi connectivity index (χ1n) is 6.04. The summed E-state index contributed by atoms with van der Waals surface area (Å²) in [5.74, 6) is 7.03. The van der Waals surface area contributed by atoms with Gasteiger partial charge < -0.3 is 15.8 Å². The first kappa shape index (κ1) is 15.1. The van der Waals surface area contributed by atoms with E-state index in [-0.39, 0.29) is 6.61 Å². The topological polar surface area (TPSA) is 96.1 Å². The second-order valence-electron chi connectivity index (χ2n) is 4.08. The van der Waals surface area contributed by atoms with E-state index in [2.05, 4.69) is 43.6 Å². The Balaban J connectivity index is 2.61. The van der Waals surface area contributed by atoms with Gasteiger partial charge in [-0.25, -0.2) is 15.8 Å². The summed E-state index contributed by atoms with van der Waals surface area (Å²) in [5, 5.41) is 12.3. The quantitative estimate of drug-likeness (QED) is 0.431. The Kier molecular flexibility index (Phi) is 6.92. The SMILES string of the molecule is CCCC(CCO)CNc1ncnc(NN)c1Br. The number of aromatic nitrogens is 2. The van der Waals surface area contributed by atoms with Crippen LogP contribution in [0.1, 0.15) is 26.2 Å². The Bertz CT molecular complexity index is 357. The van der Waals surface area contributed by atoms with Crippen LogP contribution in [0, 0.1) is 5.92 Å². The summed E-state index contributed by atoms with van der Waals surface area (Å²) in [6, 6.07) is 0. The molecule has 0 spiro atoms. The van der Waals surface area contributed by atoms with Gasteiger partial charge in [-0.3, -0.25) is 0 Å². The number of nitrogens with two attached hydrogens (primary N) is 1. The van der Waals surface area contributed by atoms with Crippen molar-refractivity contribution in [2.24, 2.45) is 11.8 Å². The Hall–Kier alpha value is -0.920. The van der Waals surface area contributed by atoms with E-state index in [0.717, 1.165) is 25.8 Å². The van der Waals surface area contributed by atoms with Crippen molar-refractivity contribution in [1.82, 2.24) is 9.97 Å². The lowest BCUT2D eigenvalue weighted by Crippen LogP contribution is -2.17. The van der Waals surface area contributed by atoms with Crippen LogP contribution in [0.2, 0.25) is 0 Å². The highest BCUT2D eigenvalue weighted by atomic mass is 79.9. The van der Waals surface area contributed by atoms with Gasteiger partial charge in [0.15, 0.2) is 5.82 Å². The molecule has 0 amide bonds. The van der Waals surface area contributed by atoms with Crippen molar-refractivity contribution in [2.75, 3.05) is 23.9 Å². The van der Waals surface area contributed by atoms with Gasteiger partial charge in [0, 0.05) is 13.2 Å².